The standard InChI is InChI=1S/C16H15BrF3N5/c1-8(10-3-11(16(18,19)20)5-13(21)4-10)22-15-14-6-12(17)7-25(14)24-9(2)23-15/h3-8H,21H2,1-2H3,(H,22,23,24)/t8-/m1/s1. The summed E-state index contributed by atoms with van der Waals surface area (Å²) in [4.78, 5) is 4.36. The lowest BCUT2D eigenvalue weighted by atomic mass is 10.0. The van der Waals surface area contributed by atoms with Crippen molar-refractivity contribution in [1.82, 2.24) is 14.6 Å². The number of halogens is 4. The van der Waals surface area contributed by atoms with Gasteiger partial charge < -0.3 is 11.1 Å². The Kier molecular flexibility index (Phi) is 4.36. The largest absolute Gasteiger partial charge is 0.416 e. The Balaban J connectivity index is 1.98. The van der Waals surface area contributed by atoms with E-state index in [-0.39, 0.29) is 5.69 Å². The highest BCUT2D eigenvalue weighted by atomic mass is 79.9. The average Bonchev–Trinajstić information content (AvgIpc) is 2.86. The number of nitrogens with zero attached hydrogens (tertiary/aromatic N) is 3. The highest BCUT2D eigenvalue weighted by molar-refractivity contribution is 9.10. The van der Waals surface area contributed by atoms with Gasteiger partial charge in [-0.2, -0.15) is 18.3 Å². The van der Waals surface area contributed by atoms with Crippen LogP contribution in [0.25, 0.3) is 5.52 Å². The van der Waals surface area contributed by atoms with Crippen LogP contribution in [0.5, 0.6) is 0 Å². The van der Waals surface area contributed by atoms with Gasteiger partial charge in [-0.1, -0.05) is 0 Å². The zero-order valence-corrected chi connectivity index (χ0v) is 15.0. The van der Waals surface area contributed by atoms with Gasteiger partial charge in [-0.15, -0.1) is 0 Å². The van der Waals surface area contributed by atoms with E-state index < -0.39 is 17.8 Å². The Hall–Kier alpha value is -2.29. The zero-order valence-electron chi connectivity index (χ0n) is 13.4. The molecule has 3 N–H and O–H groups in total. The molecule has 3 aromatic rings. The third-order valence-corrected chi connectivity index (χ3v) is 4.13. The van der Waals surface area contributed by atoms with E-state index in [1.165, 1.54) is 6.07 Å². The first-order valence-electron chi connectivity index (χ1n) is 7.40. The lowest BCUT2D eigenvalue weighted by Crippen LogP contribution is -2.13. The van der Waals surface area contributed by atoms with Crippen LogP contribution in [0.1, 0.15) is 29.9 Å². The zero-order chi connectivity index (χ0) is 18.4. The molecule has 0 saturated carbocycles. The average molecular weight is 414 g/mol. The van der Waals surface area contributed by atoms with Crippen molar-refractivity contribution in [1.29, 1.82) is 0 Å². The molecule has 0 unspecified atom stereocenters. The molecule has 0 aliphatic heterocycles. The van der Waals surface area contributed by atoms with Gasteiger partial charge in [0.1, 0.15) is 11.3 Å². The summed E-state index contributed by atoms with van der Waals surface area (Å²) in [6.45, 7) is 3.49. The van der Waals surface area contributed by atoms with Gasteiger partial charge in [-0.3, -0.25) is 0 Å². The highest BCUT2D eigenvalue weighted by Crippen LogP contribution is 2.33. The normalized spacial score (nSPS) is 13.2. The molecule has 0 aliphatic rings. The van der Waals surface area contributed by atoms with E-state index in [0.717, 1.165) is 16.6 Å². The van der Waals surface area contributed by atoms with Crippen LogP contribution < -0.4 is 11.1 Å². The second-order valence-corrected chi connectivity index (χ2v) is 6.66. The van der Waals surface area contributed by atoms with E-state index >= 15 is 0 Å². The molecule has 0 aliphatic carbocycles. The molecule has 0 spiro atoms. The van der Waals surface area contributed by atoms with Gasteiger partial charge in [0.25, 0.3) is 0 Å². The summed E-state index contributed by atoms with van der Waals surface area (Å²) in [5, 5.41) is 7.41. The van der Waals surface area contributed by atoms with Crippen LogP contribution in [-0.2, 0) is 6.18 Å². The summed E-state index contributed by atoms with van der Waals surface area (Å²) in [7, 11) is 0. The Morgan fingerprint density at radius 1 is 1.24 bits per heavy atom. The van der Waals surface area contributed by atoms with Gasteiger partial charge in [-0.05, 0) is 59.6 Å². The summed E-state index contributed by atoms with van der Waals surface area (Å²) >= 11 is 3.38. The molecule has 0 radical (unpaired) electrons. The Morgan fingerprint density at radius 3 is 2.64 bits per heavy atom. The van der Waals surface area contributed by atoms with E-state index in [2.05, 4.69) is 31.3 Å². The van der Waals surface area contributed by atoms with Crippen molar-refractivity contribution in [3.05, 3.63) is 51.9 Å². The van der Waals surface area contributed by atoms with Gasteiger partial charge in [0, 0.05) is 16.4 Å². The molecule has 3 rings (SSSR count). The molecule has 132 valence electrons. The van der Waals surface area contributed by atoms with E-state index in [1.54, 1.807) is 24.6 Å². The third-order valence-electron chi connectivity index (χ3n) is 3.69. The fourth-order valence-corrected chi connectivity index (χ4v) is 2.97. The molecule has 0 fully saturated rings. The summed E-state index contributed by atoms with van der Waals surface area (Å²) < 4.78 is 41.5. The smallest absolute Gasteiger partial charge is 0.399 e. The molecule has 2 heterocycles. The van der Waals surface area contributed by atoms with Crippen molar-refractivity contribution in [2.75, 3.05) is 11.1 Å². The van der Waals surface area contributed by atoms with Gasteiger partial charge in [-0.25, -0.2) is 9.50 Å². The molecule has 0 bridgehead atoms. The quantitative estimate of drug-likeness (QED) is 0.616. The lowest BCUT2D eigenvalue weighted by molar-refractivity contribution is -0.137. The number of aryl methyl sites for hydroxylation is 1. The van der Waals surface area contributed by atoms with E-state index in [1.807, 2.05) is 6.07 Å². The number of benzene rings is 1. The van der Waals surface area contributed by atoms with Gasteiger partial charge in [0.15, 0.2) is 5.82 Å². The Labute approximate surface area is 150 Å². The number of rotatable bonds is 3. The molecule has 0 saturated heterocycles. The second-order valence-electron chi connectivity index (χ2n) is 5.75. The molecular weight excluding hydrogens is 399 g/mol. The molecule has 25 heavy (non-hydrogen) atoms. The second kappa shape index (κ2) is 6.21. The van der Waals surface area contributed by atoms with E-state index in [4.69, 9.17) is 5.73 Å². The van der Waals surface area contributed by atoms with Crippen molar-refractivity contribution in [3.63, 3.8) is 0 Å². The molecule has 1 aromatic carbocycles. The number of hydrogen-bond donors (Lipinski definition) is 2. The minimum atomic E-state index is -4.45. The first-order chi connectivity index (χ1) is 11.6. The van der Waals surface area contributed by atoms with Crippen molar-refractivity contribution in [2.45, 2.75) is 26.1 Å². The molecule has 2 aromatic heterocycles. The van der Waals surface area contributed by atoms with Crippen LogP contribution in [0.4, 0.5) is 24.7 Å². The van der Waals surface area contributed by atoms with Crippen molar-refractivity contribution in [3.8, 4) is 0 Å². The summed E-state index contributed by atoms with van der Waals surface area (Å²) in [6, 6.07) is 4.93. The van der Waals surface area contributed by atoms with Gasteiger partial charge in [0.05, 0.1) is 11.6 Å². The fraction of sp³-hybridized carbons (Fsp3) is 0.250. The van der Waals surface area contributed by atoms with Crippen molar-refractivity contribution < 1.29 is 13.2 Å². The predicted octanol–water partition coefficient (Wildman–Crippen LogP) is 4.57. The van der Waals surface area contributed by atoms with Crippen LogP contribution in [0.15, 0.2) is 34.9 Å². The summed E-state index contributed by atoms with van der Waals surface area (Å²) in [5.41, 5.74) is 6.07. The lowest BCUT2D eigenvalue weighted by Gasteiger charge is -2.18. The first kappa shape index (κ1) is 17.5. The summed E-state index contributed by atoms with van der Waals surface area (Å²) in [6.07, 6.45) is -2.67. The summed E-state index contributed by atoms with van der Waals surface area (Å²) in [5.74, 6) is 1.07. The SMILES string of the molecule is Cc1nc(N[C@H](C)c2cc(N)cc(C(F)(F)F)c2)c2cc(Br)cn2n1. The number of nitrogen functional groups attached to an aromatic ring is 1. The van der Waals surface area contributed by atoms with Crippen LogP contribution >= 0.6 is 15.9 Å². The maximum Gasteiger partial charge on any atom is 0.416 e. The molecule has 5 nitrogen and oxygen atoms in total. The predicted molar refractivity (Wildman–Crippen MR) is 93.3 cm³/mol. The topological polar surface area (TPSA) is 68.2 Å². The Morgan fingerprint density at radius 2 is 1.96 bits per heavy atom. The molecule has 0 amide bonds. The number of hydrogen-bond acceptors (Lipinski definition) is 4. The first-order valence-corrected chi connectivity index (χ1v) is 8.19. The maximum atomic E-state index is 13.0. The van der Waals surface area contributed by atoms with Gasteiger partial charge in [0.2, 0.25) is 0 Å². The number of nitrogens with two attached hydrogens (primary N) is 1. The number of nitrogens with one attached hydrogen (secondary N) is 1. The monoisotopic (exact) mass is 413 g/mol. The highest BCUT2D eigenvalue weighted by Gasteiger charge is 2.31. The number of alkyl halides is 3. The van der Waals surface area contributed by atoms with Crippen LogP contribution in [0.2, 0.25) is 0 Å². The Bertz CT molecular complexity index is 935. The molecule has 9 heteroatoms. The van der Waals surface area contributed by atoms with Crippen LogP contribution in [-0.4, -0.2) is 14.6 Å². The van der Waals surface area contributed by atoms with Crippen LogP contribution in [0.3, 0.4) is 0 Å². The van der Waals surface area contributed by atoms with Crippen molar-refractivity contribution in [2.24, 2.45) is 0 Å². The number of aromatic nitrogens is 3. The van der Waals surface area contributed by atoms with Gasteiger partial charge >= 0.3 is 6.18 Å². The maximum absolute atomic E-state index is 13.0. The van der Waals surface area contributed by atoms with Crippen molar-refractivity contribution >= 4 is 33.0 Å². The fourth-order valence-electron chi connectivity index (χ4n) is 2.56. The number of fused-ring (bicyclic) bond motifs is 1. The van der Waals surface area contributed by atoms with E-state index in [9.17, 15) is 13.2 Å². The van der Waals surface area contributed by atoms with E-state index in [0.29, 0.717) is 22.7 Å². The molecular formula is C16H15BrF3N5. The third kappa shape index (κ3) is 3.71. The minimum Gasteiger partial charge on any atom is -0.399 e. The molecule has 1 atom stereocenters. The number of anilines is 2. The van der Waals surface area contributed by atoms with Crippen LogP contribution in [0, 0.1) is 6.92 Å². The minimum absolute atomic E-state index is 0.0629.